The second-order valence-electron chi connectivity index (χ2n) is 5.37. The summed E-state index contributed by atoms with van der Waals surface area (Å²) in [4.78, 5) is 27.8. The first-order valence-electron chi connectivity index (χ1n) is 7.72. The van der Waals surface area contributed by atoms with Crippen LogP contribution >= 0.6 is 0 Å². The van der Waals surface area contributed by atoms with Crippen LogP contribution in [0, 0.1) is 0 Å². The Morgan fingerprint density at radius 2 is 1.96 bits per heavy atom. The van der Waals surface area contributed by atoms with Gasteiger partial charge in [-0.2, -0.15) is 0 Å². The number of primary amides is 1. The normalized spacial score (nSPS) is 13.5. The number of hydrogen-bond donors (Lipinski definition) is 5. The molecular weight excluding hydrogens is 310 g/mol. The Balaban J connectivity index is 2.63. The number of hydrogen-bond acceptors (Lipinski definition) is 5. The topological polar surface area (TPSA) is 143 Å². The van der Waals surface area contributed by atoms with Crippen LogP contribution in [0.25, 0.3) is 0 Å². The van der Waals surface area contributed by atoms with Crippen molar-refractivity contribution in [1.29, 1.82) is 0 Å². The van der Waals surface area contributed by atoms with Gasteiger partial charge in [0, 0.05) is 13.0 Å². The van der Waals surface area contributed by atoms with Crippen molar-refractivity contribution in [3.05, 3.63) is 29.8 Å². The second kappa shape index (κ2) is 10.2. The molecule has 8 heteroatoms. The molecule has 132 valence electrons. The molecule has 24 heavy (non-hydrogen) atoms. The molecule has 0 aliphatic rings. The number of aromatic hydroxyl groups is 1. The van der Waals surface area contributed by atoms with Crippen LogP contribution in [0.5, 0.6) is 5.75 Å². The van der Waals surface area contributed by atoms with Crippen LogP contribution in [-0.2, 0) is 16.0 Å². The van der Waals surface area contributed by atoms with E-state index >= 15 is 0 Å². The van der Waals surface area contributed by atoms with E-state index in [2.05, 4.69) is 15.6 Å². The van der Waals surface area contributed by atoms with Gasteiger partial charge in [-0.15, -0.1) is 0 Å². The molecule has 1 aromatic carbocycles. The van der Waals surface area contributed by atoms with E-state index in [1.54, 1.807) is 19.2 Å². The minimum Gasteiger partial charge on any atom is -0.508 e. The number of phenolic OH excluding ortho intramolecular Hbond substituents is 1. The molecule has 2 unspecified atom stereocenters. The summed E-state index contributed by atoms with van der Waals surface area (Å²) in [5, 5.41) is 14.9. The fourth-order valence-corrected chi connectivity index (χ4v) is 2.23. The van der Waals surface area contributed by atoms with E-state index in [9.17, 15) is 14.7 Å². The number of likely N-dealkylation sites (N-methyl/N-ethyl adjacent to an activating group) is 1. The predicted molar refractivity (Wildman–Crippen MR) is 92.6 cm³/mol. The fraction of sp³-hybridized carbons (Fsp3) is 0.438. The molecule has 7 N–H and O–H groups in total. The minimum absolute atomic E-state index is 0.133. The van der Waals surface area contributed by atoms with Gasteiger partial charge >= 0.3 is 0 Å². The first-order valence-corrected chi connectivity index (χ1v) is 7.72. The number of nitrogens with two attached hydrogens (primary N) is 2. The molecule has 0 spiro atoms. The average molecular weight is 335 g/mol. The van der Waals surface area contributed by atoms with Gasteiger partial charge in [0.05, 0.1) is 12.4 Å². The van der Waals surface area contributed by atoms with Crippen molar-refractivity contribution in [2.24, 2.45) is 16.5 Å². The molecule has 2 amide bonds. The minimum atomic E-state index is -0.819. The standard InChI is InChI=1S/C16H25N5O3/c1-19-13(3-2-8-20-10-17)16(24)21-14(15(18)23)9-11-4-6-12(22)7-5-11/h4-7,10,13-14,19,22H,2-3,8-9H2,1H3,(H2,17,20)(H2,18,23)(H,21,24). The van der Waals surface area contributed by atoms with E-state index < -0.39 is 18.0 Å². The number of benzene rings is 1. The van der Waals surface area contributed by atoms with Crippen LogP contribution < -0.4 is 22.1 Å². The van der Waals surface area contributed by atoms with Crippen molar-refractivity contribution < 1.29 is 14.7 Å². The molecule has 0 saturated heterocycles. The maximum absolute atomic E-state index is 12.3. The summed E-state index contributed by atoms with van der Waals surface area (Å²) < 4.78 is 0. The van der Waals surface area contributed by atoms with E-state index in [4.69, 9.17) is 11.5 Å². The maximum atomic E-state index is 12.3. The van der Waals surface area contributed by atoms with Crippen LogP contribution in [0.4, 0.5) is 0 Å². The maximum Gasteiger partial charge on any atom is 0.240 e. The Hall–Kier alpha value is -2.61. The first-order chi connectivity index (χ1) is 11.5. The number of rotatable bonds is 10. The van der Waals surface area contributed by atoms with Gasteiger partial charge in [-0.25, -0.2) is 0 Å². The monoisotopic (exact) mass is 335 g/mol. The highest BCUT2D eigenvalue weighted by Crippen LogP contribution is 2.11. The highest BCUT2D eigenvalue weighted by Gasteiger charge is 2.23. The van der Waals surface area contributed by atoms with Gasteiger partial charge in [0.25, 0.3) is 0 Å². The fourth-order valence-electron chi connectivity index (χ4n) is 2.23. The quantitative estimate of drug-likeness (QED) is 0.217. The lowest BCUT2D eigenvalue weighted by Gasteiger charge is -2.20. The Morgan fingerprint density at radius 3 is 2.50 bits per heavy atom. The number of amides is 2. The highest BCUT2D eigenvalue weighted by atomic mass is 16.3. The molecule has 0 saturated carbocycles. The van der Waals surface area contributed by atoms with Crippen LogP contribution in [0.15, 0.2) is 29.3 Å². The molecule has 2 atom stereocenters. The summed E-state index contributed by atoms with van der Waals surface area (Å²) in [5.41, 5.74) is 11.3. The molecule has 0 bridgehead atoms. The van der Waals surface area contributed by atoms with Crippen molar-refractivity contribution in [3.63, 3.8) is 0 Å². The smallest absolute Gasteiger partial charge is 0.240 e. The number of carbonyl (C=O) groups is 2. The summed E-state index contributed by atoms with van der Waals surface area (Å²) in [7, 11) is 1.68. The lowest BCUT2D eigenvalue weighted by atomic mass is 10.0. The first kappa shape index (κ1) is 19.4. The van der Waals surface area contributed by atoms with Gasteiger partial charge < -0.3 is 27.2 Å². The van der Waals surface area contributed by atoms with Crippen molar-refractivity contribution in [3.8, 4) is 5.75 Å². The van der Waals surface area contributed by atoms with Gasteiger partial charge in [0.15, 0.2) is 0 Å². The molecule has 0 aliphatic heterocycles. The zero-order valence-corrected chi connectivity index (χ0v) is 13.7. The molecule has 0 aromatic heterocycles. The molecule has 0 fully saturated rings. The second-order valence-corrected chi connectivity index (χ2v) is 5.37. The van der Waals surface area contributed by atoms with E-state index in [1.165, 1.54) is 18.5 Å². The van der Waals surface area contributed by atoms with E-state index in [0.29, 0.717) is 19.4 Å². The predicted octanol–water partition coefficient (Wildman–Crippen LogP) is -0.740. The third kappa shape index (κ3) is 6.66. The van der Waals surface area contributed by atoms with Crippen molar-refractivity contribution >= 4 is 18.2 Å². The summed E-state index contributed by atoms with van der Waals surface area (Å²) in [6.45, 7) is 0.536. The van der Waals surface area contributed by atoms with Crippen LogP contribution in [0.3, 0.4) is 0 Å². The summed E-state index contributed by atoms with van der Waals surface area (Å²) in [5.74, 6) is -0.774. The zero-order valence-electron chi connectivity index (χ0n) is 13.7. The Kier molecular flexibility index (Phi) is 8.28. The lowest BCUT2D eigenvalue weighted by Crippen LogP contribution is -2.52. The average Bonchev–Trinajstić information content (AvgIpc) is 2.56. The van der Waals surface area contributed by atoms with Crippen LogP contribution in [0.1, 0.15) is 18.4 Å². The molecule has 1 aromatic rings. The Morgan fingerprint density at radius 1 is 1.29 bits per heavy atom. The number of nitrogens with zero attached hydrogens (tertiary/aromatic N) is 1. The largest absolute Gasteiger partial charge is 0.508 e. The Bertz CT molecular complexity index is 559. The molecule has 0 radical (unpaired) electrons. The molecule has 1 rings (SSSR count). The molecule has 0 heterocycles. The SMILES string of the molecule is CNC(CCCN=CN)C(=O)NC(Cc1ccc(O)cc1)C(N)=O. The summed E-state index contributed by atoms with van der Waals surface area (Å²) in [6, 6.07) is 5.13. The van der Waals surface area contributed by atoms with Crippen molar-refractivity contribution in [2.45, 2.75) is 31.3 Å². The summed E-state index contributed by atoms with van der Waals surface area (Å²) >= 11 is 0. The Labute approximate surface area is 141 Å². The van der Waals surface area contributed by atoms with Gasteiger partial charge in [-0.05, 0) is 37.6 Å². The van der Waals surface area contributed by atoms with Crippen molar-refractivity contribution in [2.75, 3.05) is 13.6 Å². The third-order valence-electron chi connectivity index (χ3n) is 3.59. The number of carbonyl (C=O) groups excluding carboxylic acids is 2. The van der Waals surface area contributed by atoms with Gasteiger partial charge in [0.1, 0.15) is 11.8 Å². The zero-order chi connectivity index (χ0) is 17.9. The van der Waals surface area contributed by atoms with Crippen molar-refractivity contribution in [1.82, 2.24) is 10.6 Å². The third-order valence-corrected chi connectivity index (χ3v) is 3.59. The molecular formula is C16H25N5O3. The van der Waals surface area contributed by atoms with Gasteiger partial charge in [-0.3, -0.25) is 14.6 Å². The number of aliphatic imine (C=N–C) groups is 1. The van der Waals surface area contributed by atoms with Crippen LogP contribution in [0.2, 0.25) is 0 Å². The summed E-state index contributed by atoms with van der Waals surface area (Å²) in [6.07, 6.45) is 2.74. The molecule has 0 aliphatic carbocycles. The van der Waals surface area contributed by atoms with Gasteiger partial charge in [0.2, 0.25) is 11.8 Å². The number of nitrogens with one attached hydrogen (secondary N) is 2. The van der Waals surface area contributed by atoms with Gasteiger partial charge in [-0.1, -0.05) is 12.1 Å². The van der Waals surface area contributed by atoms with Crippen LogP contribution in [-0.4, -0.2) is 48.9 Å². The van der Waals surface area contributed by atoms with E-state index in [-0.39, 0.29) is 18.1 Å². The number of phenols is 1. The molecule has 8 nitrogen and oxygen atoms in total. The van der Waals surface area contributed by atoms with E-state index in [1.807, 2.05) is 0 Å². The lowest BCUT2D eigenvalue weighted by molar-refractivity contribution is -0.128. The van der Waals surface area contributed by atoms with E-state index in [0.717, 1.165) is 5.56 Å². The highest BCUT2D eigenvalue weighted by molar-refractivity contribution is 5.89.